The van der Waals surface area contributed by atoms with Crippen LogP contribution in [0.15, 0.2) is 0 Å². The van der Waals surface area contributed by atoms with Gasteiger partial charge in [0.15, 0.2) is 0 Å². The highest BCUT2D eigenvalue weighted by molar-refractivity contribution is 5.73. The maximum Gasteiger partial charge on any atom is 0.363 e. The van der Waals surface area contributed by atoms with Crippen molar-refractivity contribution in [1.82, 2.24) is 0 Å². The van der Waals surface area contributed by atoms with Crippen molar-refractivity contribution in [2.75, 3.05) is 46.2 Å². The van der Waals surface area contributed by atoms with E-state index >= 15 is 0 Å². The normalized spacial score (nSPS) is 15.6. The highest BCUT2D eigenvalue weighted by Gasteiger charge is 2.24. The molecule has 4 unspecified atom stereocenters. The molecule has 0 rings (SSSR count). The molecule has 0 spiro atoms. The van der Waals surface area contributed by atoms with Gasteiger partial charge in [-0.1, -0.05) is 83.1 Å². The highest BCUT2D eigenvalue weighted by Crippen LogP contribution is 2.21. The second kappa shape index (κ2) is 22.8. The molecule has 240 valence electrons. The average Bonchev–Trinajstić information content (AvgIpc) is 2.84. The van der Waals surface area contributed by atoms with E-state index in [9.17, 15) is 4.79 Å². The molecule has 0 aromatic carbocycles. The molecule has 0 aliphatic carbocycles. The topological polar surface area (TPSA) is 72.5 Å². The molecule has 7 heteroatoms. The Morgan fingerprint density at radius 1 is 0.500 bits per heavy atom. The number of hydrogen-bond acceptors (Lipinski definition) is 7. The van der Waals surface area contributed by atoms with Crippen LogP contribution in [0.3, 0.4) is 0 Å². The van der Waals surface area contributed by atoms with E-state index in [0.29, 0.717) is 67.9 Å². The first-order valence-corrected chi connectivity index (χ1v) is 15.9. The first-order chi connectivity index (χ1) is 18.7. The summed E-state index contributed by atoms with van der Waals surface area (Å²) in [6.45, 7) is 28.8. The largest absolute Gasteiger partial charge is 0.459 e. The molecule has 0 saturated heterocycles. The van der Waals surface area contributed by atoms with Gasteiger partial charge in [0.25, 0.3) is 6.29 Å². The van der Waals surface area contributed by atoms with Crippen LogP contribution in [0.5, 0.6) is 0 Å². The van der Waals surface area contributed by atoms with Crippen molar-refractivity contribution in [2.45, 2.75) is 121 Å². The van der Waals surface area contributed by atoms with Gasteiger partial charge in [0.1, 0.15) is 6.61 Å². The summed E-state index contributed by atoms with van der Waals surface area (Å²) in [5, 5.41) is 0. The van der Waals surface area contributed by atoms with E-state index in [1.165, 1.54) is 0 Å². The molecule has 0 aliphatic rings. The molecular formula is C33H66O7. The summed E-state index contributed by atoms with van der Waals surface area (Å²) in [6, 6.07) is 0. The Hall–Kier alpha value is -0.730. The number of rotatable bonds is 25. The molecule has 0 radical (unpaired) electrons. The second-order valence-corrected chi connectivity index (χ2v) is 13.5. The number of ether oxygens (including phenoxy) is 6. The van der Waals surface area contributed by atoms with Gasteiger partial charge in [0.05, 0.1) is 45.2 Å². The van der Waals surface area contributed by atoms with E-state index in [0.717, 1.165) is 19.3 Å². The van der Waals surface area contributed by atoms with E-state index in [1.54, 1.807) is 0 Å². The van der Waals surface area contributed by atoms with Crippen LogP contribution in [-0.2, 0) is 33.2 Å². The van der Waals surface area contributed by atoms with Crippen molar-refractivity contribution in [3.05, 3.63) is 0 Å². The zero-order valence-corrected chi connectivity index (χ0v) is 28.2. The minimum atomic E-state index is -1.12. The summed E-state index contributed by atoms with van der Waals surface area (Å²) in [5.74, 6) is 3.04. The van der Waals surface area contributed by atoms with Crippen LogP contribution in [0.4, 0.5) is 0 Å². The van der Waals surface area contributed by atoms with Crippen molar-refractivity contribution >= 4 is 5.97 Å². The summed E-state index contributed by atoms with van der Waals surface area (Å²) in [7, 11) is 0. The van der Waals surface area contributed by atoms with Crippen LogP contribution >= 0.6 is 0 Å². The number of carbonyl (C=O) groups is 1. The van der Waals surface area contributed by atoms with Crippen LogP contribution in [0.25, 0.3) is 0 Å². The monoisotopic (exact) mass is 574 g/mol. The third-order valence-corrected chi connectivity index (χ3v) is 6.98. The Morgan fingerprint density at radius 3 is 1.35 bits per heavy atom. The lowest BCUT2D eigenvalue weighted by molar-refractivity contribution is -0.203. The van der Waals surface area contributed by atoms with Crippen LogP contribution in [0, 0.1) is 41.4 Å². The number of hydrogen-bond donors (Lipinski definition) is 0. The minimum absolute atomic E-state index is 0.140. The fourth-order valence-electron chi connectivity index (χ4n) is 4.53. The molecule has 0 saturated carbocycles. The summed E-state index contributed by atoms with van der Waals surface area (Å²) < 4.78 is 35.1. The van der Waals surface area contributed by atoms with Gasteiger partial charge in [-0.2, -0.15) is 0 Å². The maximum atomic E-state index is 12.9. The van der Waals surface area contributed by atoms with Crippen LogP contribution in [-0.4, -0.2) is 70.7 Å². The molecule has 7 nitrogen and oxygen atoms in total. The van der Waals surface area contributed by atoms with E-state index in [1.807, 2.05) is 0 Å². The molecule has 0 aromatic rings. The summed E-state index contributed by atoms with van der Waals surface area (Å²) in [6.07, 6.45) is 2.26. The van der Waals surface area contributed by atoms with Crippen molar-refractivity contribution < 1.29 is 33.2 Å². The van der Waals surface area contributed by atoms with Crippen LogP contribution in [0.2, 0.25) is 0 Å². The Morgan fingerprint density at radius 2 is 0.925 bits per heavy atom. The maximum absolute atomic E-state index is 12.9. The quantitative estimate of drug-likeness (QED) is 0.0639. The van der Waals surface area contributed by atoms with Gasteiger partial charge in [-0.05, 0) is 60.7 Å². The highest BCUT2D eigenvalue weighted by atomic mass is 16.7. The molecular weight excluding hydrogens is 508 g/mol. The van der Waals surface area contributed by atoms with Crippen LogP contribution < -0.4 is 0 Å². The third-order valence-electron chi connectivity index (χ3n) is 6.98. The van der Waals surface area contributed by atoms with Gasteiger partial charge >= 0.3 is 5.97 Å². The molecule has 0 heterocycles. The summed E-state index contributed by atoms with van der Waals surface area (Å²) >= 11 is 0. The van der Waals surface area contributed by atoms with Gasteiger partial charge in [-0.3, -0.25) is 0 Å². The first kappa shape index (κ1) is 39.3. The Labute approximate surface area is 247 Å². The van der Waals surface area contributed by atoms with Crippen molar-refractivity contribution in [3.8, 4) is 0 Å². The fourth-order valence-corrected chi connectivity index (χ4v) is 4.53. The summed E-state index contributed by atoms with van der Waals surface area (Å²) in [5.41, 5.74) is 0. The van der Waals surface area contributed by atoms with Crippen molar-refractivity contribution in [3.63, 3.8) is 0 Å². The standard InChI is InChI=1S/C33H66O7/c1-23(2)19-29(26(7)8)22-35-13-14-39-33(40-18-16-37-31(28(11)12)21-25(5)6)32(34)38-17-15-36-30(27(9)10)20-24(3)4/h23-31,33H,13-22H2,1-12H3. The smallest absolute Gasteiger partial charge is 0.363 e. The first-order valence-electron chi connectivity index (χ1n) is 15.9. The van der Waals surface area contributed by atoms with Crippen molar-refractivity contribution in [1.29, 1.82) is 0 Å². The predicted octanol–water partition coefficient (Wildman–Crippen LogP) is 7.40. The molecule has 0 fully saturated rings. The lowest BCUT2D eigenvalue weighted by Gasteiger charge is -2.25. The minimum Gasteiger partial charge on any atom is -0.459 e. The Kier molecular flexibility index (Phi) is 22.4. The Balaban J connectivity index is 4.84. The lowest BCUT2D eigenvalue weighted by Crippen LogP contribution is -2.34. The van der Waals surface area contributed by atoms with Gasteiger partial charge < -0.3 is 28.4 Å². The second-order valence-electron chi connectivity index (χ2n) is 13.5. The molecule has 0 N–H and O–H groups in total. The fraction of sp³-hybridized carbons (Fsp3) is 0.970. The average molecular weight is 575 g/mol. The molecule has 0 amide bonds. The predicted molar refractivity (Wildman–Crippen MR) is 163 cm³/mol. The van der Waals surface area contributed by atoms with E-state index in [2.05, 4.69) is 83.1 Å². The number of esters is 1. The zero-order valence-electron chi connectivity index (χ0n) is 28.2. The zero-order chi connectivity index (χ0) is 30.7. The van der Waals surface area contributed by atoms with Crippen molar-refractivity contribution in [2.24, 2.45) is 41.4 Å². The molecule has 40 heavy (non-hydrogen) atoms. The van der Waals surface area contributed by atoms with Gasteiger partial charge in [-0.15, -0.1) is 0 Å². The van der Waals surface area contributed by atoms with Crippen LogP contribution in [0.1, 0.15) is 102 Å². The number of carbonyl (C=O) groups excluding carboxylic acids is 1. The molecule has 0 aromatic heterocycles. The van der Waals surface area contributed by atoms with Gasteiger partial charge in [0.2, 0.25) is 0 Å². The molecule has 4 atom stereocenters. The molecule has 0 bridgehead atoms. The van der Waals surface area contributed by atoms with E-state index < -0.39 is 12.3 Å². The third kappa shape index (κ3) is 20.2. The van der Waals surface area contributed by atoms with Gasteiger partial charge in [0, 0.05) is 6.61 Å². The van der Waals surface area contributed by atoms with E-state index in [4.69, 9.17) is 28.4 Å². The van der Waals surface area contributed by atoms with Gasteiger partial charge in [-0.25, -0.2) is 4.79 Å². The lowest BCUT2D eigenvalue weighted by atomic mass is 9.88. The van der Waals surface area contributed by atoms with E-state index in [-0.39, 0.29) is 32.0 Å². The SMILES string of the molecule is CC(C)CC(COCCOC(OCCOC(CC(C)C)C(C)C)C(=O)OCCOC(CC(C)C)C(C)C)C(C)C. The Bertz CT molecular complexity index is 604. The molecule has 0 aliphatic heterocycles. The summed E-state index contributed by atoms with van der Waals surface area (Å²) in [4.78, 5) is 12.9.